The highest BCUT2D eigenvalue weighted by Gasteiger charge is 2.24. The predicted molar refractivity (Wildman–Crippen MR) is 245 cm³/mol. The van der Waals surface area contributed by atoms with Gasteiger partial charge in [0.25, 0.3) is 0 Å². The highest BCUT2D eigenvalue weighted by Crippen LogP contribution is 2.40. The summed E-state index contributed by atoms with van der Waals surface area (Å²) in [6.07, 6.45) is 0. The van der Waals surface area contributed by atoms with Crippen LogP contribution in [0.1, 0.15) is 0 Å². The van der Waals surface area contributed by atoms with E-state index < -0.39 is 0 Å². The minimum absolute atomic E-state index is 0.845. The smallest absolute Gasteiger partial charge is 0.145 e. The SMILES string of the molecule is Ic1ccccc1-n1c(-c2cc(-c3nc4ccccc4n3-c3ccccc3I)cc(-c3nc4ccccc4n3-c3ccccc3I)c2)nc2ccccc21. The molecule has 0 saturated carbocycles. The largest absolute Gasteiger partial charge is 0.291 e. The zero-order chi connectivity index (χ0) is 36.3. The van der Waals surface area contributed by atoms with E-state index in [1.165, 1.54) is 0 Å². The standard InChI is InChI=1S/C45H27I3N6/c46-31-13-1-7-19-37(31)52-40-22-10-4-16-34(40)49-43(52)28-25-29(44-50-35-17-5-11-23-41(35)53(44)38-20-8-2-14-32(38)47)27-30(26-28)45-51-36-18-6-12-24-42(36)54(45)39-21-9-3-15-33(39)48/h1-27H. The summed E-state index contributed by atoms with van der Waals surface area (Å²) in [6.45, 7) is 0. The van der Waals surface area contributed by atoms with Crippen molar-refractivity contribution in [3.63, 3.8) is 0 Å². The molecule has 0 aliphatic carbocycles. The van der Waals surface area contributed by atoms with Crippen molar-refractivity contribution in [1.29, 1.82) is 0 Å². The molecule has 0 N–H and O–H groups in total. The average molecular weight is 1030 g/mol. The molecule has 258 valence electrons. The minimum atomic E-state index is 0.845. The van der Waals surface area contributed by atoms with E-state index in [1.807, 2.05) is 0 Å². The van der Waals surface area contributed by atoms with Gasteiger partial charge in [0.1, 0.15) is 17.5 Å². The van der Waals surface area contributed by atoms with Gasteiger partial charge in [-0.05, 0) is 159 Å². The number of nitrogens with zero attached hydrogens (tertiary/aromatic N) is 6. The van der Waals surface area contributed by atoms with Crippen molar-refractivity contribution in [2.75, 3.05) is 0 Å². The van der Waals surface area contributed by atoms with Crippen LogP contribution in [-0.2, 0) is 0 Å². The summed E-state index contributed by atoms with van der Waals surface area (Å²) in [5.74, 6) is 2.53. The summed E-state index contributed by atoms with van der Waals surface area (Å²) in [5.41, 5.74) is 12.0. The van der Waals surface area contributed by atoms with E-state index in [1.54, 1.807) is 0 Å². The number of imidazole rings is 3. The van der Waals surface area contributed by atoms with Crippen molar-refractivity contribution in [2.45, 2.75) is 0 Å². The summed E-state index contributed by atoms with van der Waals surface area (Å²) in [4.78, 5) is 16.0. The third-order valence-corrected chi connectivity index (χ3v) is 12.4. The molecule has 0 fully saturated rings. The number of hydrogen-bond acceptors (Lipinski definition) is 3. The molecular weight excluding hydrogens is 1010 g/mol. The van der Waals surface area contributed by atoms with Crippen molar-refractivity contribution in [1.82, 2.24) is 28.7 Å². The first-order valence-electron chi connectivity index (χ1n) is 17.4. The Kier molecular flexibility index (Phi) is 8.59. The maximum atomic E-state index is 5.35. The fourth-order valence-corrected chi connectivity index (χ4v) is 9.19. The normalized spacial score (nSPS) is 11.6. The molecule has 0 spiro atoms. The van der Waals surface area contributed by atoms with Gasteiger partial charge in [0.05, 0.1) is 50.2 Å². The quantitative estimate of drug-likeness (QED) is 0.156. The first-order valence-corrected chi connectivity index (χ1v) is 20.6. The summed E-state index contributed by atoms with van der Waals surface area (Å²) in [5, 5.41) is 0. The number of aromatic nitrogens is 6. The number of rotatable bonds is 6. The van der Waals surface area contributed by atoms with E-state index >= 15 is 0 Å². The van der Waals surface area contributed by atoms with Crippen LogP contribution < -0.4 is 0 Å². The van der Waals surface area contributed by atoms with Crippen LogP contribution >= 0.6 is 67.8 Å². The van der Waals surface area contributed by atoms with E-state index in [-0.39, 0.29) is 0 Å². The third-order valence-electron chi connectivity index (χ3n) is 9.67. The molecule has 0 amide bonds. The monoisotopic (exact) mass is 1030 g/mol. The summed E-state index contributed by atoms with van der Waals surface area (Å²) < 4.78 is 10.3. The molecule has 7 aromatic carbocycles. The van der Waals surface area contributed by atoms with Crippen molar-refractivity contribution in [2.24, 2.45) is 0 Å². The molecule has 3 aromatic heterocycles. The number of hydrogen-bond donors (Lipinski definition) is 0. The fourth-order valence-electron chi connectivity index (χ4n) is 7.30. The highest BCUT2D eigenvalue weighted by molar-refractivity contribution is 14.1. The van der Waals surface area contributed by atoms with Crippen LogP contribution in [0.3, 0.4) is 0 Å². The van der Waals surface area contributed by atoms with E-state index in [9.17, 15) is 0 Å². The Bertz CT molecular complexity index is 2730. The van der Waals surface area contributed by atoms with E-state index in [2.05, 4.69) is 245 Å². The van der Waals surface area contributed by atoms with Gasteiger partial charge in [0.2, 0.25) is 0 Å². The number of fused-ring (bicyclic) bond motifs is 3. The molecule has 6 nitrogen and oxygen atoms in total. The summed E-state index contributed by atoms with van der Waals surface area (Å²) >= 11 is 7.29. The van der Waals surface area contributed by atoms with Crippen molar-refractivity contribution in [3.8, 4) is 51.2 Å². The lowest BCUT2D eigenvalue weighted by Crippen LogP contribution is -2.04. The predicted octanol–water partition coefficient (Wildman–Crippen LogP) is 12.5. The van der Waals surface area contributed by atoms with Gasteiger partial charge in [-0.3, -0.25) is 13.7 Å². The maximum Gasteiger partial charge on any atom is 0.145 e. The zero-order valence-corrected chi connectivity index (χ0v) is 34.9. The van der Waals surface area contributed by atoms with Crippen LogP contribution in [0.2, 0.25) is 0 Å². The van der Waals surface area contributed by atoms with Gasteiger partial charge in [-0.15, -0.1) is 0 Å². The van der Waals surface area contributed by atoms with Gasteiger partial charge >= 0.3 is 0 Å². The maximum absolute atomic E-state index is 5.35. The van der Waals surface area contributed by atoms with Crippen molar-refractivity contribution in [3.05, 3.63) is 175 Å². The Morgan fingerprint density at radius 1 is 0.315 bits per heavy atom. The first-order chi connectivity index (χ1) is 26.5. The summed E-state index contributed by atoms with van der Waals surface area (Å²) in [7, 11) is 0. The fraction of sp³-hybridized carbons (Fsp3) is 0. The van der Waals surface area contributed by atoms with Crippen molar-refractivity contribution < 1.29 is 0 Å². The zero-order valence-electron chi connectivity index (χ0n) is 28.4. The van der Waals surface area contributed by atoms with Crippen LogP contribution in [-0.4, -0.2) is 28.7 Å². The molecule has 9 heteroatoms. The van der Waals surface area contributed by atoms with Crippen LogP contribution in [0.25, 0.3) is 84.3 Å². The summed E-state index contributed by atoms with van der Waals surface area (Å²) in [6, 6.07) is 57.2. The Morgan fingerprint density at radius 2 is 0.574 bits per heavy atom. The van der Waals surface area contributed by atoms with Gasteiger partial charge in [-0.2, -0.15) is 0 Å². The lowest BCUT2D eigenvalue weighted by molar-refractivity contribution is 1.08. The van der Waals surface area contributed by atoms with Gasteiger partial charge in [0.15, 0.2) is 0 Å². The molecule has 0 aliphatic heterocycles. The Balaban J connectivity index is 1.33. The molecule has 54 heavy (non-hydrogen) atoms. The third kappa shape index (κ3) is 5.66. The Hall–Kier alpha value is -4.86. The van der Waals surface area contributed by atoms with Gasteiger partial charge in [-0.25, -0.2) is 15.0 Å². The second kappa shape index (κ2) is 13.8. The average Bonchev–Trinajstić information content (AvgIpc) is 3.91. The molecule has 10 aromatic rings. The van der Waals surface area contributed by atoms with Crippen molar-refractivity contribution >= 4 is 101 Å². The molecule has 0 bridgehead atoms. The number of halogens is 3. The molecule has 0 atom stereocenters. The molecule has 0 radical (unpaired) electrons. The molecule has 3 heterocycles. The Labute approximate surface area is 352 Å². The van der Waals surface area contributed by atoms with Crippen LogP contribution in [0.4, 0.5) is 0 Å². The minimum Gasteiger partial charge on any atom is -0.291 e. The highest BCUT2D eigenvalue weighted by atomic mass is 127. The van der Waals surface area contributed by atoms with Crippen LogP contribution in [0, 0.1) is 10.7 Å². The number of para-hydroxylation sites is 9. The van der Waals surface area contributed by atoms with E-state index in [0.717, 1.165) is 95.0 Å². The Morgan fingerprint density at radius 3 is 0.870 bits per heavy atom. The lowest BCUT2D eigenvalue weighted by Gasteiger charge is -2.16. The van der Waals surface area contributed by atoms with E-state index in [0.29, 0.717) is 0 Å². The first kappa shape index (κ1) is 33.7. The van der Waals surface area contributed by atoms with E-state index in [4.69, 9.17) is 15.0 Å². The molecule has 0 unspecified atom stereocenters. The van der Waals surface area contributed by atoms with Gasteiger partial charge in [0, 0.05) is 27.4 Å². The molecule has 0 aliphatic rings. The topological polar surface area (TPSA) is 53.5 Å². The second-order valence-corrected chi connectivity index (χ2v) is 16.4. The lowest BCUT2D eigenvalue weighted by atomic mass is 10.0. The molecule has 10 rings (SSSR count). The molecular formula is C45H27I3N6. The second-order valence-electron chi connectivity index (χ2n) is 12.9. The number of benzene rings is 7. The van der Waals surface area contributed by atoms with Gasteiger partial charge in [-0.1, -0.05) is 72.8 Å². The van der Waals surface area contributed by atoms with Gasteiger partial charge < -0.3 is 0 Å². The van der Waals surface area contributed by atoms with Crippen LogP contribution in [0.15, 0.2) is 164 Å². The van der Waals surface area contributed by atoms with Crippen LogP contribution in [0.5, 0.6) is 0 Å². The molecule has 0 saturated heterocycles.